The first-order valence-electron chi connectivity index (χ1n) is 10.2. The van der Waals surface area contributed by atoms with E-state index in [2.05, 4.69) is 13.0 Å². The number of hydrogen-bond donors (Lipinski definition) is 0. The van der Waals surface area contributed by atoms with Crippen LogP contribution in [0.15, 0.2) is 83.8 Å². The first-order chi connectivity index (χ1) is 14.6. The molecule has 0 aromatic heterocycles. The Labute approximate surface area is 180 Å². The molecule has 2 heterocycles. The van der Waals surface area contributed by atoms with E-state index in [-0.39, 0.29) is 23.4 Å². The van der Waals surface area contributed by atoms with E-state index in [9.17, 15) is 9.59 Å². The Bertz CT molecular complexity index is 1120. The van der Waals surface area contributed by atoms with Gasteiger partial charge in [-0.2, -0.15) is 0 Å². The van der Waals surface area contributed by atoms with Gasteiger partial charge in [0.15, 0.2) is 11.6 Å². The van der Waals surface area contributed by atoms with Crippen LogP contribution < -0.4 is 4.74 Å². The van der Waals surface area contributed by atoms with Gasteiger partial charge in [-0.15, -0.1) is 11.8 Å². The van der Waals surface area contributed by atoms with Gasteiger partial charge in [0.05, 0.1) is 24.0 Å². The average Bonchev–Trinajstić information content (AvgIpc) is 3.07. The van der Waals surface area contributed by atoms with Gasteiger partial charge in [-0.3, -0.25) is 9.59 Å². The maximum absolute atomic E-state index is 13.6. The van der Waals surface area contributed by atoms with Gasteiger partial charge < -0.3 is 4.74 Å². The molecular formula is C26H22O3S. The van der Waals surface area contributed by atoms with Crippen LogP contribution in [-0.2, 0) is 0 Å². The van der Waals surface area contributed by atoms with Gasteiger partial charge in [-0.1, -0.05) is 60.7 Å². The molecule has 2 aliphatic heterocycles. The van der Waals surface area contributed by atoms with Crippen molar-refractivity contribution in [2.24, 2.45) is 5.92 Å². The summed E-state index contributed by atoms with van der Waals surface area (Å²) in [7, 11) is 0. The van der Waals surface area contributed by atoms with Gasteiger partial charge in [-0.05, 0) is 37.1 Å². The summed E-state index contributed by atoms with van der Waals surface area (Å²) in [4.78, 5) is 27.9. The summed E-state index contributed by atoms with van der Waals surface area (Å²) in [5, 5.41) is 0. The van der Waals surface area contributed by atoms with Crippen molar-refractivity contribution >= 4 is 23.3 Å². The Balaban J connectivity index is 1.50. The second-order valence-electron chi connectivity index (χ2n) is 8.19. The van der Waals surface area contributed by atoms with Crippen molar-refractivity contribution < 1.29 is 14.3 Å². The molecule has 5 rings (SSSR count). The van der Waals surface area contributed by atoms with Crippen molar-refractivity contribution in [3.8, 4) is 5.75 Å². The lowest BCUT2D eigenvalue weighted by atomic mass is 9.75. The zero-order valence-electron chi connectivity index (χ0n) is 16.7. The molecule has 0 bridgehead atoms. The summed E-state index contributed by atoms with van der Waals surface area (Å²) >= 11 is 1.72. The first-order valence-corrected chi connectivity index (χ1v) is 11.0. The number of thioether (sulfide) groups is 1. The lowest BCUT2D eigenvalue weighted by molar-refractivity contribution is 0.0788. The molecule has 3 aromatic rings. The van der Waals surface area contributed by atoms with E-state index in [1.165, 1.54) is 0 Å². The zero-order valence-corrected chi connectivity index (χ0v) is 17.5. The molecule has 0 amide bonds. The minimum absolute atomic E-state index is 0.111. The highest BCUT2D eigenvalue weighted by Gasteiger charge is 2.49. The number of carbonyl (C=O) groups is 2. The van der Waals surface area contributed by atoms with Crippen LogP contribution in [0.2, 0.25) is 0 Å². The van der Waals surface area contributed by atoms with Gasteiger partial charge >= 0.3 is 0 Å². The summed E-state index contributed by atoms with van der Waals surface area (Å²) in [6.07, 6.45) is 0.586. The van der Waals surface area contributed by atoms with Crippen LogP contribution in [-0.4, -0.2) is 22.9 Å². The maximum Gasteiger partial charge on any atom is 0.173 e. The predicted octanol–water partition coefficient (Wildman–Crippen LogP) is 5.80. The molecule has 0 N–H and O–H groups in total. The number of Topliss-reactive ketones (excluding diaryl/α,β-unsaturated/α-hetero) is 2. The number of fused-ring (bicyclic) bond motifs is 2. The molecule has 3 nitrogen and oxygen atoms in total. The third kappa shape index (κ3) is 3.16. The van der Waals surface area contributed by atoms with E-state index in [1.807, 2.05) is 72.8 Å². The molecule has 30 heavy (non-hydrogen) atoms. The SMILES string of the molecule is CC1(CC2COc3ccccc3C2=O)Sc2ccccc2C1C(=O)c1ccccc1. The molecule has 0 saturated carbocycles. The standard InChI is InChI=1S/C26H22O3S/c1-26(15-18-16-29-21-13-7-5-11-19(21)24(18)27)23(20-12-6-8-14-22(20)30-26)25(28)17-9-3-2-4-10-17/h2-14,18,23H,15-16H2,1H3. The van der Waals surface area contributed by atoms with E-state index < -0.39 is 4.75 Å². The van der Waals surface area contributed by atoms with Gasteiger partial charge in [0, 0.05) is 15.2 Å². The van der Waals surface area contributed by atoms with Gasteiger partial charge in [0.2, 0.25) is 0 Å². The molecule has 0 fully saturated rings. The first kappa shape index (κ1) is 19.1. The van der Waals surface area contributed by atoms with E-state index >= 15 is 0 Å². The van der Waals surface area contributed by atoms with Crippen LogP contribution in [0.1, 0.15) is 45.5 Å². The summed E-state index contributed by atoms with van der Waals surface area (Å²) in [6.45, 7) is 2.48. The molecule has 150 valence electrons. The van der Waals surface area contributed by atoms with Crippen LogP contribution in [0, 0.1) is 5.92 Å². The van der Waals surface area contributed by atoms with Crippen LogP contribution in [0.3, 0.4) is 0 Å². The number of ketones is 2. The van der Waals surface area contributed by atoms with E-state index in [0.29, 0.717) is 29.9 Å². The minimum atomic E-state index is -0.424. The Hall–Kier alpha value is -2.85. The fourth-order valence-electron chi connectivity index (χ4n) is 4.72. The Kier molecular flexibility index (Phi) is 4.75. The van der Waals surface area contributed by atoms with E-state index in [4.69, 9.17) is 4.74 Å². The van der Waals surface area contributed by atoms with Crippen molar-refractivity contribution in [3.63, 3.8) is 0 Å². The number of hydrogen-bond acceptors (Lipinski definition) is 4. The third-order valence-electron chi connectivity index (χ3n) is 6.12. The van der Waals surface area contributed by atoms with Crippen molar-refractivity contribution in [2.45, 2.75) is 28.9 Å². The van der Waals surface area contributed by atoms with Crippen LogP contribution in [0.25, 0.3) is 0 Å². The molecular weight excluding hydrogens is 392 g/mol. The van der Waals surface area contributed by atoms with Crippen molar-refractivity contribution in [1.82, 2.24) is 0 Å². The molecule has 2 aliphatic rings. The lowest BCUT2D eigenvalue weighted by Crippen LogP contribution is -2.38. The molecule has 0 aliphatic carbocycles. The number of carbonyl (C=O) groups excluding carboxylic acids is 2. The Morgan fingerprint density at radius 1 is 1.00 bits per heavy atom. The average molecular weight is 415 g/mol. The van der Waals surface area contributed by atoms with Crippen molar-refractivity contribution in [3.05, 3.63) is 95.6 Å². The van der Waals surface area contributed by atoms with Gasteiger partial charge in [0.1, 0.15) is 5.75 Å². The monoisotopic (exact) mass is 414 g/mol. The highest BCUT2D eigenvalue weighted by atomic mass is 32.2. The summed E-state index contributed by atoms with van der Waals surface area (Å²) in [5.41, 5.74) is 2.41. The Morgan fingerprint density at radius 2 is 1.70 bits per heavy atom. The predicted molar refractivity (Wildman–Crippen MR) is 119 cm³/mol. The highest BCUT2D eigenvalue weighted by Crippen LogP contribution is 2.57. The maximum atomic E-state index is 13.6. The van der Waals surface area contributed by atoms with Crippen molar-refractivity contribution in [1.29, 1.82) is 0 Å². The molecule has 4 heteroatoms. The molecule has 0 saturated heterocycles. The largest absolute Gasteiger partial charge is 0.492 e. The summed E-state index contributed by atoms with van der Waals surface area (Å²) in [6, 6.07) is 25.0. The molecule has 0 radical (unpaired) electrons. The number of para-hydroxylation sites is 1. The summed E-state index contributed by atoms with van der Waals surface area (Å²) in [5.74, 6) is 0.313. The molecule has 3 aromatic carbocycles. The lowest BCUT2D eigenvalue weighted by Gasteiger charge is -2.35. The molecule has 3 unspecified atom stereocenters. The highest BCUT2D eigenvalue weighted by molar-refractivity contribution is 8.01. The fraction of sp³-hybridized carbons (Fsp3) is 0.231. The third-order valence-corrected chi connectivity index (χ3v) is 7.58. The topological polar surface area (TPSA) is 43.4 Å². The number of rotatable bonds is 4. The smallest absolute Gasteiger partial charge is 0.173 e. The molecule has 0 spiro atoms. The van der Waals surface area contributed by atoms with E-state index in [1.54, 1.807) is 11.8 Å². The second kappa shape index (κ2) is 7.44. The van der Waals surface area contributed by atoms with Crippen LogP contribution >= 0.6 is 11.8 Å². The van der Waals surface area contributed by atoms with Crippen LogP contribution in [0.5, 0.6) is 5.75 Å². The second-order valence-corrected chi connectivity index (χ2v) is 9.76. The van der Waals surface area contributed by atoms with Crippen LogP contribution in [0.4, 0.5) is 0 Å². The zero-order chi connectivity index (χ0) is 20.7. The molecule has 3 atom stereocenters. The quantitative estimate of drug-likeness (QED) is 0.506. The van der Waals surface area contributed by atoms with Gasteiger partial charge in [0.25, 0.3) is 0 Å². The summed E-state index contributed by atoms with van der Waals surface area (Å²) < 4.78 is 5.48. The number of benzene rings is 3. The van der Waals surface area contributed by atoms with E-state index in [0.717, 1.165) is 10.5 Å². The number of ether oxygens (including phenoxy) is 1. The van der Waals surface area contributed by atoms with Gasteiger partial charge in [-0.25, -0.2) is 0 Å². The minimum Gasteiger partial charge on any atom is -0.492 e. The normalized spacial score (nSPS) is 24.6. The fourth-order valence-corrected chi connectivity index (χ4v) is 6.31. The Morgan fingerprint density at radius 3 is 2.53 bits per heavy atom. The van der Waals surface area contributed by atoms with Crippen molar-refractivity contribution in [2.75, 3.05) is 6.61 Å².